The van der Waals surface area contributed by atoms with E-state index < -0.39 is 14.9 Å². The maximum atomic E-state index is 13.4. The molecule has 0 aromatic heterocycles. The van der Waals surface area contributed by atoms with Crippen molar-refractivity contribution < 1.29 is 13.3 Å². The zero-order valence-corrected chi connectivity index (χ0v) is 17.0. The molecule has 0 bridgehead atoms. The molecule has 3 aromatic carbocycles. The summed E-state index contributed by atoms with van der Waals surface area (Å²) in [5.74, 6) is 0.378. The van der Waals surface area contributed by atoms with Crippen molar-refractivity contribution >= 4 is 21.4 Å². The van der Waals surface area contributed by atoms with Crippen LogP contribution in [0.2, 0.25) is 0 Å². The highest BCUT2D eigenvalue weighted by Crippen LogP contribution is 2.28. The summed E-state index contributed by atoms with van der Waals surface area (Å²) in [6.45, 7) is 4.31. The predicted molar refractivity (Wildman–Crippen MR) is 113 cm³/mol. The SMILES string of the molecule is CC(C)c1ccc(CN(c2ccccc2)S(=O)(=O)c2cccc([N+](=O)[O-])c2)cc1. The smallest absolute Gasteiger partial charge is 0.262 e. The molecule has 0 amide bonds. The minimum Gasteiger partial charge on any atom is -0.262 e. The number of non-ortho nitro benzene ring substituents is 1. The average Bonchev–Trinajstić information content (AvgIpc) is 2.73. The van der Waals surface area contributed by atoms with Crippen LogP contribution in [-0.2, 0) is 16.6 Å². The van der Waals surface area contributed by atoms with Gasteiger partial charge >= 0.3 is 0 Å². The third-order valence-corrected chi connectivity index (χ3v) is 6.40. The lowest BCUT2D eigenvalue weighted by Crippen LogP contribution is -2.30. The Morgan fingerprint density at radius 3 is 2.17 bits per heavy atom. The van der Waals surface area contributed by atoms with E-state index in [0.29, 0.717) is 11.6 Å². The van der Waals surface area contributed by atoms with E-state index in [4.69, 9.17) is 0 Å². The van der Waals surface area contributed by atoms with E-state index in [-0.39, 0.29) is 17.1 Å². The summed E-state index contributed by atoms with van der Waals surface area (Å²) in [6, 6.07) is 21.7. The van der Waals surface area contributed by atoms with Crippen molar-refractivity contribution in [3.63, 3.8) is 0 Å². The fourth-order valence-electron chi connectivity index (χ4n) is 2.97. The van der Waals surface area contributed by atoms with Gasteiger partial charge in [-0.2, -0.15) is 0 Å². The first-order valence-electron chi connectivity index (χ1n) is 9.20. The van der Waals surface area contributed by atoms with Crippen molar-refractivity contribution in [2.45, 2.75) is 31.2 Å². The maximum absolute atomic E-state index is 13.4. The lowest BCUT2D eigenvalue weighted by atomic mass is 10.0. The van der Waals surface area contributed by atoms with Gasteiger partial charge in [0.1, 0.15) is 0 Å². The minimum absolute atomic E-state index is 0.116. The van der Waals surface area contributed by atoms with Gasteiger partial charge in [-0.05, 0) is 35.2 Å². The molecule has 0 aliphatic heterocycles. The van der Waals surface area contributed by atoms with Crippen LogP contribution in [0.15, 0.2) is 83.8 Å². The molecule has 0 aliphatic rings. The van der Waals surface area contributed by atoms with Gasteiger partial charge < -0.3 is 0 Å². The normalized spacial score (nSPS) is 11.4. The van der Waals surface area contributed by atoms with Crippen molar-refractivity contribution in [1.82, 2.24) is 0 Å². The van der Waals surface area contributed by atoms with E-state index in [2.05, 4.69) is 13.8 Å². The number of anilines is 1. The molecular weight excluding hydrogens is 388 g/mol. The second-order valence-corrected chi connectivity index (χ2v) is 8.86. The molecule has 6 nitrogen and oxygen atoms in total. The Morgan fingerprint density at radius 2 is 1.59 bits per heavy atom. The Hall–Kier alpha value is -3.19. The zero-order valence-electron chi connectivity index (χ0n) is 16.2. The fourth-order valence-corrected chi connectivity index (χ4v) is 4.46. The van der Waals surface area contributed by atoms with Crippen molar-refractivity contribution in [3.05, 3.63) is 100 Å². The number of hydrogen-bond donors (Lipinski definition) is 0. The average molecular weight is 410 g/mol. The predicted octanol–water partition coefficient (Wildman–Crippen LogP) is 5.11. The van der Waals surface area contributed by atoms with Crippen LogP contribution in [-0.4, -0.2) is 13.3 Å². The third kappa shape index (κ3) is 4.63. The molecule has 150 valence electrons. The van der Waals surface area contributed by atoms with Crippen molar-refractivity contribution in [2.24, 2.45) is 0 Å². The van der Waals surface area contributed by atoms with Crippen LogP contribution >= 0.6 is 0 Å². The number of rotatable bonds is 7. The summed E-state index contributed by atoms with van der Waals surface area (Å²) in [5, 5.41) is 11.1. The standard InChI is InChI=1S/C22H22N2O4S/c1-17(2)19-13-11-18(12-14-19)16-23(20-7-4-3-5-8-20)29(27,28)22-10-6-9-21(15-22)24(25)26/h3-15,17H,16H2,1-2H3. The third-order valence-electron chi connectivity index (χ3n) is 4.63. The van der Waals surface area contributed by atoms with Crippen LogP contribution in [0.4, 0.5) is 11.4 Å². The number of nitro groups is 1. The lowest BCUT2D eigenvalue weighted by molar-refractivity contribution is -0.385. The number of nitro benzene ring substituents is 1. The number of benzene rings is 3. The molecule has 0 aliphatic carbocycles. The van der Waals surface area contributed by atoms with E-state index >= 15 is 0 Å². The summed E-state index contributed by atoms with van der Waals surface area (Å²) in [4.78, 5) is 10.4. The first-order chi connectivity index (χ1) is 13.8. The molecule has 0 saturated heterocycles. The molecule has 0 N–H and O–H groups in total. The van der Waals surface area contributed by atoms with Gasteiger partial charge in [0, 0.05) is 12.1 Å². The van der Waals surface area contributed by atoms with E-state index in [1.807, 2.05) is 24.3 Å². The first kappa shape index (κ1) is 20.5. The monoisotopic (exact) mass is 410 g/mol. The van der Waals surface area contributed by atoms with Crippen LogP contribution < -0.4 is 4.31 Å². The molecule has 0 radical (unpaired) electrons. The Morgan fingerprint density at radius 1 is 0.931 bits per heavy atom. The molecule has 0 spiro atoms. The first-order valence-corrected chi connectivity index (χ1v) is 10.6. The molecule has 0 saturated carbocycles. The molecule has 3 aromatic rings. The van der Waals surface area contributed by atoms with E-state index in [0.717, 1.165) is 11.6 Å². The number of nitrogens with zero attached hydrogens (tertiary/aromatic N) is 2. The number of sulfonamides is 1. The Bertz CT molecular complexity index is 1100. The van der Waals surface area contributed by atoms with Crippen LogP contribution in [0.25, 0.3) is 0 Å². The molecule has 0 heterocycles. The van der Waals surface area contributed by atoms with Crippen LogP contribution in [0.5, 0.6) is 0 Å². The molecular formula is C22H22N2O4S. The van der Waals surface area contributed by atoms with Crippen LogP contribution in [0.3, 0.4) is 0 Å². The van der Waals surface area contributed by atoms with Gasteiger partial charge in [-0.25, -0.2) is 8.42 Å². The molecule has 29 heavy (non-hydrogen) atoms. The molecule has 0 unspecified atom stereocenters. The van der Waals surface area contributed by atoms with E-state index in [1.165, 1.54) is 28.1 Å². The highest BCUT2D eigenvalue weighted by molar-refractivity contribution is 7.92. The quantitative estimate of drug-likeness (QED) is 0.400. The van der Waals surface area contributed by atoms with Crippen molar-refractivity contribution in [3.8, 4) is 0 Å². The van der Waals surface area contributed by atoms with Gasteiger partial charge in [-0.1, -0.05) is 62.4 Å². The van der Waals surface area contributed by atoms with Gasteiger partial charge in [0.15, 0.2) is 0 Å². The molecule has 7 heteroatoms. The number of para-hydroxylation sites is 1. The second-order valence-electron chi connectivity index (χ2n) is 7.00. The molecule has 0 atom stereocenters. The van der Waals surface area contributed by atoms with Gasteiger partial charge in [0.2, 0.25) is 0 Å². The Labute approximate surface area is 170 Å². The van der Waals surface area contributed by atoms with Crippen molar-refractivity contribution in [1.29, 1.82) is 0 Å². The van der Waals surface area contributed by atoms with Crippen LogP contribution in [0, 0.1) is 10.1 Å². The van der Waals surface area contributed by atoms with E-state index in [9.17, 15) is 18.5 Å². The zero-order chi connectivity index (χ0) is 21.0. The summed E-state index contributed by atoms with van der Waals surface area (Å²) in [7, 11) is -4.01. The summed E-state index contributed by atoms with van der Waals surface area (Å²) in [6.07, 6.45) is 0. The molecule has 3 rings (SSSR count). The van der Waals surface area contributed by atoms with Gasteiger partial charge in [-0.15, -0.1) is 0 Å². The minimum atomic E-state index is -4.01. The fraction of sp³-hybridized carbons (Fsp3) is 0.182. The lowest BCUT2D eigenvalue weighted by Gasteiger charge is -2.25. The summed E-state index contributed by atoms with van der Waals surface area (Å²) in [5.41, 5.74) is 2.22. The highest BCUT2D eigenvalue weighted by Gasteiger charge is 2.26. The number of hydrogen-bond acceptors (Lipinski definition) is 4. The largest absolute Gasteiger partial charge is 0.270 e. The van der Waals surface area contributed by atoms with Gasteiger partial charge in [0.05, 0.1) is 22.1 Å². The molecule has 0 fully saturated rings. The Balaban J connectivity index is 2.04. The van der Waals surface area contributed by atoms with Crippen LogP contribution in [0.1, 0.15) is 30.9 Å². The Kier molecular flexibility index (Phi) is 5.98. The van der Waals surface area contributed by atoms with E-state index in [1.54, 1.807) is 30.3 Å². The maximum Gasteiger partial charge on any atom is 0.270 e. The van der Waals surface area contributed by atoms with Gasteiger partial charge in [0.25, 0.3) is 15.7 Å². The topological polar surface area (TPSA) is 80.5 Å². The van der Waals surface area contributed by atoms with Gasteiger partial charge in [-0.3, -0.25) is 14.4 Å². The second kappa shape index (κ2) is 8.45. The van der Waals surface area contributed by atoms with Crippen molar-refractivity contribution in [2.75, 3.05) is 4.31 Å². The summed E-state index contributed by atoms with van der Waals surface area (Å²) >= 11 is 0. The summed E-state index contributed by atoms with van der Waals surface area (Å²) < 4.78 is 28.1. The highest BCUT2D eigenvalue weighted by atomic mass is 32.2.